The van der Waals surface area contributed by atoms with Crippen LogP contribution in [0.25, 0.3) is 0 Å². The van der Waals surface area contributed by atoms with Crippen molar-refractivity contribution >= 4 is 23.5 Å². The lowest BCUT2D eigenvalue weighted by Crippen LogP contribution is -2.51. The van der Waals surface area contributed by atoms with Crippen LogP contribution in [0.15, 0.2) is 12.4 Å². The van der Waals surface area contributed by atoms with E-state index in [1.807, 2.05) is 0 Å². The maximum Gasteiger partial charge on any atom is 0.329 e. The summed E-state index contributed by atoms with van der Waals surface area (Å²) in [5.74, 6) is -1.70. The van der Waals surface area contributed by atoms with Crippen molar-refractivity contribution in [2.24, 2.45) is 0 Å². The maximum atomic E-state index is 11.7. The third kappa shape index (κ3) is 3.13. The van der Waals surface area contributed by atoms with Crippen LogP contribution in [-0.2, 0) is 4.79 Å². The number of carboxylic acids is 1. The molecule has 1 heterocycles. The van der Waals surface area contributed by atoms with E-state index in [1.165, 1.54) is 19.3 Å². The van der Waals surface area contributed by atoms with Gasteiger partial charge in [-0.1, -0.05) is 18.5 Å². The first-order valence-corrected chi connectivity index (χ1v) is 5.30. The molecule has 1 unspecified atom stereocenters. The molecule has 0 saturated heterocycles. The lowest BCUT2D eigenvalue weighted by atomic mass is 9.99. The second-order valence-electron chi connectivity index (χ2n) is 3.67. The fraction of sp³-hybridized carbons (Fsp3) is 0.400. The third-order valence-electron chi connectivity index (χ3n) is 2.42. The highest BCUT2D eigenvalue weighted by Crippen LogP contribution is 2.10. The van der Waals surface area contributed by atoms with E-state index < -0.39 is 17.4 Å². The summed E-state index contributed by atoms with van der Waals surface area (Å²) in [7, 11) is 0. The van der Waals surface area contributed by atoms with Crippen LogP contribution in [0.3, 0.4) is 0 Å². The van der Waals surface area contributed by atoms with Crippen molar-refractivity contribution in [2.75, 3.05) is 0 Å². The average molecular weight is 258 g/mol. The van der Waals surface area contributed by atoms with Gasteiger partial charge in [0.2, 0.25) is 0 Å². The Morgan fingerprint density at radius 1 is 1.47 bits per heavy atom. The number of carbonyl (C=O) groups excluding carboxylic acids is 1. The minimum absolute atomic E-state index is 0.0234. The van der Waals surface area contributed by atoms with E-state index in [2.05, 4.69) is 15.3 Å². The van der Waals surface area contributed by atoms with Crippen LogP contribution in [-0.4, -0.2) is 32.5 Å². The molecule has 0 saturated carbocycles. The fourth-order valence-corrected chi connectivity index (χ4v) is 1.13. The van der Waals surface area contributed by atoms with E-state index in [0.717, 1.165) is 0 Å². The standard InChI is InChI=1S/C10H12ClN3O3/c1-3-10(2,9(16)17)14-8(15)6-4-13-7(11)5-12-6/h4-5H,3H2,1-2H3,(H,14,15)(H,16,17). The van der Waals surface area contributed by atoms with Gasteiger partial charge >= 0.3 is 5.97 Å². The Kier molecular flexibility index (Phi) is 4.01. The molecule has 0 aliphatic carbocycles. The van der Waals surface area contributed by atoms with Crippen LogP contribution >= 0.6 is 11.6 Å². The predicted molar refractivity (Wildman–Crippen MR) is 60.8 cm³/mol. The van der Waals surface area contributed by atoms with Gasteiger partial charge in [0.25, 0.3) is 5.91 Å². The number of aliphatic carboxylic acids is 1. The van der Waals surface area contributed by atoms with Gasteiger partial charge in [0, 0.05) is 0 Å². The average Bonchev–Trinajstić information content (AvgIpc) is 2.29. The topological polar surface area (TPSA) is 92.2 Å². The number of hydrogen-bond acceptors (Lipinski definition) is 4. The van der Waals surface area contributed by atoms with Crippen LogP contribution in [0.1, 0.15) is 30.8 Å². The Hall–Kier alpha value is -1.69. The van der Waals surface area contributed by atoms with E-state index in [1.54, 1.807) is 6.92 Å². The first kappa shape index (κ1) is 13.4. The van der Waals surface area contributed by atoms with Gasteiger partial charge in [-0.05, 0) is 13.3 Å². The van der Waals surface area contributed by atoms with Crippen LogP contribution in [0.2, 0.25) is 5.15 Å². The second-order valence-corrected chi connectivity index (χ2v) is 4.06. The molecule has 6 nitrogen and oxygen atoms in total. The largest absolute Gasteiger partial charge is 0.480 e. The lowest BCUT2D eigenvalue weighted by Gasteiger charge is -2.24. The molecule has 0 aliphatic heterocycles. The highest BCUT2D eigenvalue weighted by Gasteiger charge is 2.33. The summed E-state index contributed by atoms with van der Waals surface area (Å²) in [6.07, 6.45) is 2.67. The van der Waals surface area contributed by atoms with Gasteiger partial charge in [0.05, 0.1) is 12.4 Å². The van der Waals surface area contributed by atoms with Gasteiger partial charge in [-0.15, -0.1) is 0 Å². The summed E-state index contributed by atoms with van der Waals surface area (Å²) in [5.41, 5.74) is -1.30. The van der Waals surface area contributed by atoms with E-state index in [9.17, 15) is 9.59 Å². The summed E-state index contributed by atoms with van der Waals surface area (Å²) in [6.45, 7) is 3.10. The molecule has 17 heavy (non-hydrogen) atoms. The Morgan fingerprint density at radius 3 is 2.53 bits per heavy atom. The zero-order valence-electron chi connectivity index (χ0n) is 9.40. The second kappa shape index (κ2) is 5.09. The van der Waals surface area contributed by atoms with Crippen LogP contribution in [0, 0.1) is 0 Å². The normalized spacial score (nSPS) is 13.8. The van der Waals surface area contributed by atoms with Crippen LogP contribution in [0.5, 0.6) is 0 Å². The first-order chi connectivity index (χ1) is 7.89. The number of halogens is 1. The number of amides is 1. The Bertz CT molecular complexity index is 435. The van der Waals surface area contributed by atoms with Crippen molar-refractivity contribution in [3.05, 3.63) is 23.2 Å². The van der Waals surface area contributed by atoms with Crippen LogP contribution in [0.4, 0.5) is 0 Å². The van der Waals surface area contributed by atoms with Gasteiger partial charge in [-0.3, -0.25) is 4.79 Å². The smallest absolute Gasteiger partial charge is 0.329 e. The molecule has 0 aliphatic rings. The number of rotatable bonds is 4. The molecule has 0 fully saturated rings. The molecule has 1 amide bonds. The number of carboxylic acid groups (broad SMARTS) is 1. The number of aromatic nitrogens is 2. The van der Waals surface area contributed by atoms with Gasteiger partial charge in [-0.25, -0.2) is 14.8 Å². The minimum Gasteiger partial charge on any atom is -0.480 e. The molecule has 92 valence electrons. The third-order valence-corrected chi connectivity index (χ3v) is 2.62. The Labute approximate surface area is 103 Å². The minimum atomic E-state index is -1.32. The molecule has 1 atom stereocenters. The van der Waals surface area contributed by atoms with Crippen LogP contribution < -0.4 is 5.32 Å². The monoisotopic (exact) mass is 257 g/mol. The molecule has 1 rings (SSSR count). The van der Waals surface area contributed by atoms with Crippen molar-refractivity contribution in [1.29, 1.82) is 0 Å². The Morgan fingerprint density at radius 2 is 2.12 bits per heavy atom. The van der Waals surface area contributed by atoms with Gasteiger partial charge in [-0.2, -0.15) is 0 Å². The number of hydrogen-bond donors (Lipinski definition) is 2. The number of nitrogens with one attached hydrogen (secondary N) is 1. The highest BCUT2D eigenvalue weighted by molar-refractivity contribution is 6.29. The first-order valence-electron chi connectivity index (χ1n) is 4.92. The van der Waals surface area contributed by atoms with Crippen molar-refractivity contribution in [1.82, 2.24) is 15.3 Å². The van der Waals surface area contributed by atoms with Gasteiger partial charge < -0.3 is 10.4 Å². The van der Waals surface area contributed by atoms with Crippen molar-refractivity contribution in [2.45, 2.75) is 25.8 Å². The molecule has 0 aromatic carbocycles. The highest BCUT2D eigenvalue weighted by atomic mass is 35.5. The molecule has 1 aromatic heterocycles. The van der Waals surface area contributed by atoms with Crippen molar-refractivity contribution in [3.8, 4) is 0 Å². The summed E-state index contributed by atoms with van der Waals surface area (Å²) in [4.78, 5) is 30.2. The zero-order valence-corrected chi connectivity index (χ0v) is 10.2. The van der Waals surface area contributed by atoms with E-state index >= 15 is 0 Å². The summed E-state index contributed by atoms with van der Waals surface area (Å²) in [6, 6.07) is 0. The van der Waals surface area contributed by atoms with Gasteiger partial charge in [0.15, 0.2) is 0 Å². The van der Waals surface area contributed by atoms with Crippen molar-refractivity contribution < 1.29 is 14.7 Å². The lowest BCUT2D eigenvalue weighted by molar-refractivity contribution is -0.143. The van der Waals surface area contributed by atoms with E-state index in [4.69, 9.17) is 16.7 Å². The van der Waals surface area contributed by atoms with Crippen molar-refractivity contribution in [3.63, 3.8) is 0 Å². The van der Waals surface area contributed by atoms with E-state index in [-0.39, 0.29) is 17.3 Å². The number of nitrogens with zero attached hydrogens (tertiary/aromatic N) is 2. The molecule has 1 aromatic rings. The van der Waals surface area contributed by atoms with E-state index in [0.29, 0.717) is 0 Å². The molecule has 7 heteroatoms. The zero-order chi connectivity index (χ0) is 13.1. The SMILES string of the molecule is CCC(C)(NC(=O)c1cnc(Cl)cn1)C(=O)O. The molecular formula is C10H12ClN3O3. The molecule has 2 N–H and O–H groups in total. The maximum absolute atomic E-state index is 11.7. The molecule has 0 radical (unpaired) electrons. The summed E-state index contributed by atoms with van der Waals surface area (Å²) in [5, 5.41) is 11.6. The quantitative estimate of drug-likeness (QED) is 0.843. The Balaban J connectivity index is 2.85. The fourth-order valence-electron chi connectivity index (χ4n) is 1.04. The van der Waals surface area contributed by atoms with Gasteiger partial charge in [0.1, 0.15) is 16.4 Å². The molecule has 0 spiro atoms. The predicted octanol–water partition coefficient (Wildman–Crippen LogP) is 1.11. The molecular weight excluding hydrogens is 246 g/mol. The molecule has 0 bridgehead atoms. The summed E-state index contributed by atoms with van der Waals surface area (Å²) >= 11 is 5.53. The summed E-state index contributed by atoms with van der Waals surface area (Å²) < 4.78 is 0. The number of carbonyl (C=O) groups is 2.